The van der Waals surface area contributed by atoms with Crippen LogP contribution in [0.25, 0.3) is 11.0 Å². The number of rotatable bonds is 7. The second kappa shape index (κ2) is 8.44. The average Bonchev–Trinajstić information content (AvgIpc) is 3.05. The zero-order valence-electron chi connectivity index (χ0n) is 15.8. The van der Waals surface area contributed by atoms with E-state index in [4.69, 9.17) is 16.3 Å². The number of ether oxygens (including phenoxy) is 1. The monoisotopic (exact) mass is 385 g/mol. The summed E-state index contributed by atoms with van der Waals surface area (Å²) in [6, 6.07) is 11.7. The first kappa shape index (κ1) is 19.2. The largest absolute Gasteiger partial charge is 0.483 e. The van der Waals surface area contributed by atoms with Gasteiger partial charge >= 0.3 is 0 Å². The number of para-hydroxylation sites is 2. The first-order valence-corrected chi connectivity index (χ1v) is 9.45. The van der Waals surface area contributed by atoms with Crippen molar-refractivity contribution >= 4 is 28.5 Å². The molecule has 0 spiro atoms. The Hall–Kier alpha value is -2.53. The number of nitrogens with one attached hydrogen (secondary N) is 2. The van der Waals surface area contributed by atoms with Gasteiger partial charge in [-0.25, -0.2) is 4.98 Å². The Balaban J connectivity index is 1.52. The maximum Gasteiger partial charge on any atom is 0.257 e. The second-order valence-corrected chi connectivity index (χ2v) is 7.29. The number of nitrogens with zero attached hydrogens (tertiary/aromatic N) is 1. The lowest BCUT2D eigenvalue weighted by molar-refractivity contribution is -0.123. The van der Waals surface area contributed by atoms with Crippen molar-refractivity contribution in [1.29, 1.82) is 0 Å². The van der Waals surface area contributed by atoms with Crippen molar-refractivity contribution < 1.29 is 9.53 Å². The third kappa shape index (κ3) is 4.80. The molecule has 0 atom stereocenters. The summed E-state index contributed by atoms with van der Waals surface area (Å²) in [5.74, 6) is 1.66. The van der Waals surface area contributed by atoms with Gasteiger partial charge in [-0.3, -0.25) is 4.79 Å². The van der Waals surface area contributed by atoms with Crippen LogP contribution in [0.3, 0.4) is 0 Å². The average molecular weight is 386 g/mol. The highest BCUT2D eigenvalue weighted by Crippen LogP contribution is 2.31. The number of aryl methyl sites for hydroxylation is 1. The SMILES string of the molecule is Cc1cc(OCC(=O)NCCc2nc3ccccc3[nH]2)c(C(C)C)cc1Cl. The van der Waals surface area contributed by atoms with E-state index in [1.54, 1.807) is 0 Å². The smallest absolute Gasteiger partial charge is 0.257 e. The lowest BCUT2D eigenvalue weighted by Crippen LogP contribution is -2.30. The highest BCUT2D eigenvalue weighted by molar-refractivity contribution is 6.31. The van der Waals surface area contributed by atoms with Gasteiger partial charge < -0.3 is 15.0 Å². The van der Waals surface area contributed by atoms with Crippen molar-refractivity contribution in [1.82, 2.24) is 15.3 Å². The molecule has 1 amide bonds. The number of hydrogen-bond acceptors (Lipinski definition) is 3. The molecule has 0 bridgehead atoms. The molecule has 5 nitrogen and oxygen atoms in total. The molecule has 2 N–H and O–H groups in total. The van der Waals surface area contributed by atoms with Crippen molar-refractivity contribution in [3.63, 3.8) is 0 Å². The maximum atomic E-state index is 12.1. The Morgan fingerprint density at radius 2 is 2.07 bits per heavy atom. The molecule has 27 heavy (non-hydrogen) atoms. The zero-order chi connectivity index (χ0) is 19.4. The third-order valence-corrected chi connectivity index (χ3v) is 4.80. The Kier molecular flexibility index (Phi) is 6.01. The lowest BCUT2D eigenvalue weighted by atomic mass is 10.0. The molecule has 0 aliphatic heterocycles. The number of halogens is 1. The minimum Gasteiger partial charge on any atom is -0.483 e. The summed E-state index contributed by atoms with van der Waals surface area (Å²) in [7, 11) is 0. The van der Waals surface area contributed by atoms with Crippen LogP contribution < -0.4 is 10.1 Å². The molecule has 3 aromatic rings. The van der Waals surface area contributed by atoms with Gasteiger partial charge in [0.25, 0.3) is 5.91 Å². The normalized spacial score (nSPS) is 11.1. The lowest BCUT2D eigenvalue weighted by Gasteiger charge is -2.15. The van der Waals surface area contributed by atoms with E-state index in [2.05, 4.69) is 29.1 Å². The molecule has 1 aromatic heterocycles. The van der Waals surface area contributed by atoms with Gasteiger partial charge in [0.1, 0.15) is 11.6 Å². The third-order valence-electron chi connectivity index (χ3n) is 4.39. The number of imidazole rings is 1. The van der Waals surface area contributed by atoms with Gasteiger partial charge in [0.05, 0.1) is 11.0 Å². The van der Waals surface area contributed by atoms with E-state index in [1.807, 2.05) is 43.3 Å². The summed E-state index contributed by atoms with van der Waals surface area (Å²) in [6.45, 7) is 6.54. The summed E-state index contributed by atoms with van der Waals surface area (Å²) >= 11 is 6.20. The number of fused-ring (bicyclic) bond motifs is 1. The molecule has 0 aliphatic rings. The van der Waals surface area contributed by atoms with Gasteiger partial charge in [-0.15, -0.1) is 0 Å². The van der Waals surface area contributed by atoms with Crippen molar-refractivity contribution in [2.24, 2.45) is 0 Å². The van der Waals surface area contributed by atoms with Gasteiger partial charge in [0.15, 0.2) is 6.61 Å². The quantitative estimate of drug-likeness (QED) is 0.634. The Morgan fingerprint density at radius 1 is 1.30 bits per heavy atom. The minimum absolute atomic E-state index is 0.0269. The molecule has 142 valence electrons. The molecule has 2 aromatic carbocycles. The number of carbonyl (C=O) groups excluding carboxylic acids is 1. The number of amides is 1. The molecule has 0 unspecified atom stereocenters. The first-order chi connectivity index (χ1) is 12.9. The second-order valence-electron chi connectivity index (χ2n) is 6.88. The highest BCUT2D eigenvalue weighted by atomic mass is 35.5. The fourth-order valence-electron chi connectivity index (χ4n) is 2.89. The summed E-state index contributed by atoms with van der Waals surface area (Å²) < 4.78 is 5.75. The molecule has 0 aliphatic carbocycles. The number of aromatic nitrogens is 2. The summed E-state index contributed by atoms with van der Waals surface area (Å²) in [5, 5.41) is 3.58. The van der Waals surface area contributed by atoms with Gasteiger partial charge in [0.2, 0.25) is 0 Å². The predicted molar refractivity (Wildman–Crippen MR) is 109 cm³/mol. The van der Waals surface area contributed by atoms with Crippen molar-refractivity contribution in [2.45, 2.75) is 33.1 Å². The van der Waals surface area contributed by atoms with Crippen molar-refractivity contribution in [3.8, 4) is 5.75 Å². The molecule has 0 fully saturated rings. The highest BCUT2D eigenvalue weighted by Gasteiger charge is 2.13. The standard InChI is InChI=1S/C21H24ClN3O2/c1-13(2)15-11-16(22)14(3)10-19(15)27-12-21(26)23-9-8-20-24-17-6-4-5-7-18(17)25-20/h4-7,10-11,13H,8-9,12H2,1-3H3,(H,23,26)(H,24,25). The maximum absolute atomic E-state index is 12.1. The Bertz CT molecular complexity index is 917. The number of aromatic amines is 1. The predicted octanol–water partition coefficient (Wildman–Crippen LogP) is 4.39. The van der Waals surface area contributed by atoms with Crippen LogP contribution in [0.5, 0.6) is 5.75 Å². The first-order valence-electron chi connectivity index (χ1n) is 9.07. The van der Waals surface area contributed by atoms with E-state index < -0.39 is 0 Å². The van der Waals surface area contributed by atoms with Crippen LogP contribution in [-0.2, 0) is 11.2 Å². The van der Waals surface area contributed by atoms with Gasteiger partial charge in [-0.1, -0.05) is 37.6 Å². The topological polar surface area (TPSA) is 67.0 Å². The van der Waals surface area contributed by atoms with E-state index in [0.29, 0.717) is 23.7 Å². The minimum atomic E-state index is -0.159. The Morgan fingerprint density at radius 3 is 2.81 bits per heavy atom. The van der Waals surface area contributed by atoms with Crippen LogP contribution in [-0.4, -0.2) is 29.0 Å². The fraction of sp³-hybridized carbons (Fsp3) is 0.333. The van der Waals surface area contributed by atoms with Crippen LogP contribution in [0.2, 0.25) is 5.02 Å². The Labute approximate surface area is 164 Å². The van der Waals surface area contributed by atoms with Crippen LogP contribution in [0.4, 0.5) is 0 Å². The van der Waals surface area contributed by atoms with Gasteiger partial charge in [-0.05, 0) is 48.2 Å². The number of hydrogen-bond donors (Lipinski definition) is 2. The fourth-order valence-corrected chi connectivity index (χ4v) is 3.06. The van der Waals surface area contributed by atoms with Crippen molar-refractivity contribution in [3.05, 3.63) is 58.4 Å². The van der Waals surface area contributed by atoms with Crippen LogP contribution in [0, 0.1) is 6.92 Å². The van der Waals surface area contributed by atoms with Gasteiger partial charge in [-0.2, -0.15) is 0 Å². The van der Waals surface area contributed by atoms with E-state index in [-0.39, 0.29) is 18.4 Å². The summed E-state index contributed by atoms with van der Waals surface area (Å²) in [6.07, 6.45) is 0.637. The summed E-state index contributed by atoms with van der Waals surface area (Å²) in [5.41, 5.74) is 3.87. The van der Waals surface area contributed by atoms with Crippen molar-refractivity contribution in [2.75, 3.05) is 13.2 Å². The molecule has 0 saturated carbocycles. The molecule has 1 heterocycles. The number of H-pyrrole nitrogens is 1. The van der Waals surface area contributed by atoms with E-state index in [9.17, 15) is 4.79 Å². The van der Waals surface area contributed by atoms with E-state index in [0.717, 1.165) is 28.0 Å². The summed E-state index contributed by atoms with van der Waals surface area (Å²) in [4.78, 5) is 19.9. The molecular weight excluding hydrogens is 362 g/mol. The molecule has 6 heteroatoms. The van der Waals surface area contributed by atoms with Crippen LogP contribution >= 0.6 is 11.6 Å². The molecule has 3 rings (SSSR count). The molecule has 0 radical (unpaired) electrons. The van der Waals surface area contributed by atoms with Crippen LogP contribution in [0.1, 0.15) is 36.7 Å². The van der Waals surface area contributed by atoms with Gasteiger partial charge in [0, 0.05) is 18.0 Å². The molecular formula is C21H24ClN3O2. The zero-order valence-corrected chi connectivity index (χ0v) is 16.6. The van der Waals surface area contributed by atoms with E-state index >= 15 is 0 Å². The van der Waals surface area contributed by atoms with Crippen LogP contribution in [0.15, 0.2) is 36.4 Å². The van der Waals surface area contributed by atoms with E-state index in [1.165, 1.54) is 0 Å². The molecule has 0 saturated heterocycles. The number of benzene rings is 2. The number of carbonyl (C=O) groups is 1.